The molecule has 0 aliphatic carbocycles. The van der Waals surface area contributed by atoms with Crippen LogP contribution in [0.2, 0.25) is 0 Å². The third-order valence-corrected chi connectivity index (χ3v) is 3.16. The molecule has 0 fully saturated rings. The topological polar surface area (TPSA) is 53.6 Å². The van der Waals surface area contributed by atoms with Crippen LogP contribution in [0.15, 0.2) is 36.5 Å². The third-order valence-electron chi connectivity index (χ3n) is 3.16. The molecule has 3 rings (SSSR count). The molecule has 4 heteroatoms. The van der Waals surface area contributed by atoms with Crippen LogP contribution in [0.4, 0.5) is 11.5 Å². The number of aromatic nitrogens is 3. The molecule has 2 heterocycles. The third kappa shape index (κ3) is 1.72. The quantitative estimate of drug-likeness (QED) is 0.720. The first kappa shape index (κ1) is 10.8. The van der Waals surface area contributed by atoms with Crippen molar-refractivity contribution in [2.45, 2.75) is 13.8 Å². The highest BCUT2D eigenvalue weighted by Crippen LogP contribution is 2.25. The summed E-state index contributed by atoms with van der Waals surface area (Å²) in [5.74, 6) is 0.865. The van der Waals surface area contributed by atoms with E-state index in [9.17, 15) is 0 Å². The number of pyridine rings is 1. The van der Waals surface area contributed by atoms with Gasteiger partial charge in [0.1, 0.15) is 0 Å². The maximum Gasteiger partial charge on any atom is 0.155 e. The van der Waals surface area contributed by atoms with Gasteiger partial charge in [-0.1, -0.05) is 18.2 Å². The minimum atomic E-state index is 0.865. The van der Waals surface area contributed by atoms with Crippen molar-refractivity contribution in [3.8, 4) is 0 Å². The first-order chi connectivity index (χ1) is 8.75. The number of fused-ring (bicyclic) bond motifs is 1. The number of H-pyrrole nitrogens is 1. The molecule has 0 atom stereocenters. The van der Waals surface area contributed by atoms with E-state index in [-0.39, 0.29) is 0 Å². The van der Waals surface area contributed by atoms with Crippen LogP contribution in [-0.4, -0.2) is 15.2 Å². The van der Waals surface area contributed by atoms with Gasteiger partial charge in [0.15, 0.2) is 5.82 Å². The highest BCUT2D eigenvalue weighted by atomic mass is 15.2. The van der Waals surface area contributed by atoms with E-state index < -0.39 is 0 Å². The van der Waals surface area contributed by atoms with Gasteiger partial charge in [-0.15, -0.1) is 0 Å². The SMILES string of the molecule is Cc1[nH]nc(Nc2ccnc3ccccc23)c1C. The lowest BCUT2D eigenvalue weighted by Crippen LogP contribution is -1.94. The number of hydrogen-bond acceptors (Lipinski definition) is 3. The van der Waals surface area contributed by atoms with E-state index in [1.165, 1.54) is 0 Å². The highest BCUT2D eigenvalue weighted by molar-refractivity contribution is 5.92. The maximum atomic E-state index is 4.34. The molecule has 0 bridgehead atoms. The van der Waals surface area contributed by atoms with Gasteiger partial charge in [-0.3, -0.25) is 10.1 Å². The van der Waals surface area contributed by atoms with Gasteiger partial charge in [-0.2, -0.15) is 5.10 Å². The molecular weight excluding hydrogens is 224 g/mol. The largest absolute Gasteiger partial charge is 0.338 e. The van der Waals surface area contributed by atoms with E-state index in [4.69, 9.17) is 0 Å². The lowest BCUT2D eigenvalue weighted by atomic mass is 10.2. The zero-order valence-electron chi connectivity index (χ0n) is 10.4. The number of anilines is 2. The molecule has 4 nitrogen and oxygen atoms in total. The van der Waals surface area contributed by atoms with Crippen molar-refractivity contribution >= 4 is 22.4 Å². The lowest BCUT2D eigenvalue weighted by Gasteiger charge is -2.07. The van der Waals surface area contributed by atoms with Gasteiger partial charge in [0, 0.05) is 22.8 Å². The van der Waals surface area contributed by atoms with E-state index in [1.807, 2.05) is 38.1 Å². The van der Waals surface area contributed by atoms with Crippen molar-refractivity contribution < 1.29 is 0 Å². The molecule has 1 aromatic carbocycles. The van der Waals surface area contributed by atoms with Crippen LogP contribution >= 0.6 is 0 Å². The summed E-state index contributed by atoms with van der Waals surface area (Å²) in [7, 11) is 0. The van der Waals surface area contributed by atoms with Gasteiger partial charge in [0.2, 0.25) is 0 Å². The van der Waals surface area contributed by atoms with Gasteiger partial charge in [-0.25, -0.2) is 0 Å². The number of benzene rings is 1. The smallest absolute Gasteiger partial charge is 0.155 e. The second-order valence-electron chi connectivity index (χ2n) is 4.32. The number of aromatic amines is 1. The first-order valence-electron chi connectivity index (χ1n) is 5.88. The lowest BCUT2D eigenvalue weighted by molar-refractivity contribution is 1.05. The van der Waals surface area contributed by atoms with Crippen molar-refractivity contribution in [3.63, 3.8) is 0 Å². The Morgan fingerprint density at radius 3 is 2.72 bits per heavy atom. The molecule has 0 aliphatic rings. The van der Waals surface area contributed by atoms with Gasteiger partial charge < -0.3 is 5.32 Å². The molecule has 0 spiro atoms. The van der Waals surface area contributed by atoms with E-state index in [0.717, 1.165) is 33.7 Å². The minimum Gasteiger partial charge on any atom is -0.338 e. The molecule has 90 valence electrons. The summed E-state index contributed by atoms with van der Waals surface area (Å²) >= 11 is 0. The standard InChI is InChI=1S/C14H14N4/c1-9-10(2)17-18-14(9)16-13-7-8-15-12-6-4-3-5-11(12)13/h3-8H,1-2H3,(H2,15,16,17,18). The fourth-order valence-electron chi connectivity index (χ4n) is 1.94. The fraction of sp³-hybridized carbons (Fsp3) is 0.143. The van der Waals surface area contributed by atoms with Crippen LogP contribution in [0.25, 0.3) is 10.9 Å². The van der Waals surface area contributed by atoms with E-state index in [2.05, 4.69) is 26.6 Å². The van der Waals surface area contributed by atoms with E-state index in [1.54, 1.807) is 6.20 Å². The molecule has 0 unspecified atom stereocenters. The van der Waals surface area contributed by atoms with Gasteiger partial charge in [0.25, 0.3) is 0 Å². The van der Waals surface area contributed by atoms with Crippen molar-refractivity contribution in [1.82, 2.24) is 15.2 Å². The normalized spacial score (nSPS) is 10.8. The Balaban J connectivity index is 2.08. The maximum absolute atomic E-state index is 4.34. The summed E-state index contributed by atoms with van der Waals surface area (Å²) in [6.07, 6.45) is 1.81. The van der Waals surface area contributed by atoms with Crippen LogP contribution in [-0.2, 0) is 0 Å². The first-order valence-corrected chi connectivity index (χ1v) is 5.88. The van der Waals surface area contributed by atoms with Gasteiger partial charge >= 0.3 is 0 Å². The van der Waals surface area contributed by atoms with Crippen LogP contribution in [0, 0.1) is 13.8 Å². The molecule has 18 heavy (non-hydrogen) atoms. The number of para-hydroxylation sites is 1. The summed E-state index contributed by atoms with van der Waals surface area (Å²) in [6, 6.07) is 10.0. The number of nitrogens with zero attached hydrogens (tertiary/aromatic N) is 2. The van der Waals surface area contributed by atoms with Crippen LogP contribution in [0.1, 0.15) is 11.3 Å². The summed E-state index contributed by atoms with van der Waals surface area (Å²) < 4.78 is 0. The molecule has 0 amide bonds. The molecule has 0 saturated heterocycles. The number of rotatable bonds is 2. The molecular formula is C14H14N4. The predicted octanol–water partition coefficient (Wildman–Crippen LogP) is 3.32. The highest BCUT2D eigenvalue weighted by Gasteiger charge is 2.07. The zero-order chi connectivity index (χ0) is 12.5. The van der Waals surface area contributed by atoms with E-state index >= 15 is 0 Å². The van der Waals surface area contributed by atoms with Crippen molar-refractivity contribution in [2.24, 2.45) is 0 Å². The van der Waals surface area contributed by atoms with Crippen LogP contribution in [0.3, 0.4) is 0 Å². The average molecular weight is 238 g/mol. The Morgan fingerprint density at radius 1 is 1.11 bits per heavy atom. The van der Waals surface area contributed by atoms with Gasteiger partial charge in [-0.05, 0) is 26.0 Å². The summed E-state index contributed by atoms with van der Waals surface area (Å²) in [6.45, 7) is 4.06. The second kappa shape index (κ2) is 4.14. The summed E-state index contributed by atoms with van der Waals surface area (Å²) in [5.41, 5.74) is 4.22. The Labute approximate surface area is 105 Å². The van der Waals surface area contributed by atoms with Crippen molar-refractivity contribution in [2.75, 3.05) is 5.32 Å². The van der Waals surface area contributed by atoms with Crippen molar-refractivity contribution in [3.05, 3.63) is 47.8 Å². The van der Waals surface area contributed by atoms with E-state index in [0.29, 0.717) is 0 Å². The number of aryl methyl sites for hydroxylation is 1. The number of nitrogens with one attached hydrogen (secondary N) is 2. The zero-order valence-corrected chi connectivity index (χ0v) is 10.4. The molecule has 0 radical (unpaired) electrons. The Kier molecular flexibility index (Phi) is 2.48. The Morgan fingerprint density at radius 2 is 1.94 bits per heavy atom. The van der Waals surface area contributed by atoms with Gasteiger partial charge in [0.05, 0.1) is 11.2 Å². The van der Waals surface area contributed by atoms with Crippen molar-refractivity contribution in [1.29, 1.82) is 0 Å². The predicted molar refractivity (Wildman–Crippen MR) is 73.1 cm³/mol. The molecule has 3 aromatic rings. The number of hydrogen-bond donors (Lipinski definition) is 2. The fourth-order valence-corrected chi connectivity index (χ4v) is 1.94. The van der Waals surface area contributed by atoms with Crippen LogP contribution in [0.5, 0.6) is 0 Å². The summed E-state index contributed by atoms with van der Waals surface area (Å²) in [5, 5.41) is 11.7. The average Bonchev–Trinajstić information content (AvgIpc) is 2.71. The Bertz CT molecular complexity index is 695. The van der Waals surface area contributed by atoms with Crippen LogP contribution < -0.4 is 5.32 Å². The molecule has 2 aromatic heterocycles. The molecule has 0 saturated carbocycles. The Hall–Kier alpha value is -2.36. The monoisotopic (exact) mass is 238 g/mol. The second-order valence-corrected chi connectivity index (χ2v) is 4.32. The molecule has 2 N–H and O–H groups in total. The molecule has 0 aliphatic heterocycles. The summed E-state index contributed by atoms with van der Waals surface area (Å²) in [4.78, 5) is 4.34. The minimum absolute atomic E-state index is 0.865.